The van der Waals surface area contributed by atoms with Crippen molar-refractivity contribution in [3.63, 3.8) is 0 Å². The molecule has 1 amide bonds. The number of thiazole rings is 1. The largest absolute Gasteiger partial charge is 0.497 e. The zero-order valence-corrected chi connectivity index (χ0v) is 18.5. The van der Waals surface area contributed by atoms with E-state index in [1.807, 2.05) is 28.8 Å². The SMILES string of the molecule is CCc1cccc(CC)c1-n1c(N)c(C(=O)NCc2ccc(OC)cc2)sc1=S. The van der Waals surface area contributed by atoms with Gasteiger partial charge in [-0.1, -0.05) is 55.5 Å². The van der Waals surface area contributed by atoms with Gasteiger partial charge in [0.2, 0.25) is 0 Å². The fourth-order valence-electron chi connectivity index (χ4n) is 3.27. The van der Waals surface area contributed by atoms with Crippen molar-refractivity contribution in [3.8, 4) is 11.4 Å². The highest BCUT2D eigenvalue weighted by molar-refractivity contribution is 7.73. The Bertz CT molecular complexity index is 1050. The highest BCUT2D eigenvalue weighted by atomic mass is 32.1. The molecular weight excluding hydrogens is 402 g/mol. The average molecular weight is 428 g/mol. The third-order valence-electron chi connectivity index (χ3n) is 4.85. The molecule has 3 N–H and O–H groups in total. The van der Waals surface area contributed by atoms with Gasteiger partial charge in [-0.2, -0.15) is 0 Å². The highest BCUT2D eigenvalue weighted by Gasteiger charge is 2.20. The van der Waals surface area contributed by atoms with Crippen molar-refractivity contribution < 1.29 is 9.53 Å². The van der Waals surface area contributed by atoms with Crippen molar-refractivity contribution >= 4 is 35.3 Å². The first kappa shape index (κ1) is 21.1. The maximum absolute atomic E-state index is 12.8. The number of rotatable bonds is 7. The summed E-state index contributed by atoms with van der Waals surface area (Å²) in [5, 5.41) is 2.93. The molecule has 152 valence electrons. The predicted molar refractivity (Wildman–Crippen MR) is 122 cm³/mol. The third-order valence-corrected chi connectivity index (χ3v) is 6.24. The van der Waals surface area contributed by atoms with E-state index in [0.29, 0.717) is 21.2 Å². The number of anilines is 1. The lowest BCUT2D eigenvalue weighted by molar-refractivity contribution is 0.0955. The molecule has 0 bridgehead atoms. The number of nitrogens with two attached hydrogens (primary N) is 1. The van der Waals surface area contributed by atoms with Crippen LogP contribution in [0.5, 0.6) is 5.75 Å². The molecule has 7 heteroatoms. The minimum atomic E-state index is -0.222. The Hall–Kier alpha value is -2.64. The summed E-state index contributed by atoms with van der Waals surface area (Å²) >= 11 is 6.83. The van der Waals surface area contributed by atoms with Gasteiger partial charge in [-0.25, -0.2) is 0 Å². The lowest BCUT2D eigenvalue weighted by Crippen LogP contribution is -2.23. The van der Waals surface area contributed by atoms with Crippen LogP contribution >= 0.6 is 23.6 Å². The van der Waals surface area contributed by atoms with Gasteiger partial charge < -0.3 is 15.8 Å². The molecule has 3 rings (SSSR count). The van der Waals surface area contributed by atoms with Gasteiger partial charge in [0.05, 0.1) is 12.8 Å². The number of carbonyl (C=O) groups is 1. The molecule has 0 unspecified atom stereocenters. The maximum atomic E-state index is 12.8. The van der Waals surface area contributed by atoms with Gasteiger partial charge in [-0.3, -0.25) is 9.36 Å². The number of methoxy groups -OCH3 is 1. The average Bonchev–Trinajstić information content (AvgIpc) is 3.05. The topological polar surface area (TPSA) is 69.3 Å². The van der Waals surface area contributed by atoms with Crippen LogP contribution in [0.15, 0.2) is 42.5 Å². The van der Waals surface area contributed by atoms with E-state index >= 15 is 0 Å². The van der Waals surface area contributed by atoms with Gasteiger partial charge in [0.15, 0.2) is 3.95 Å². The van der Waals surface area contributed by atoms with Crippen LogP contribution in [-0.2, 0) is 19.4 Å². The summed E-state index contributed by atoms with van der Waals surface area (Å²) in [5.41, 5.74) is 10.7. The number of benzene rings is 2. The van der Waals surface area contributed by atoms with Gasteiger partial charge >= 0.3 is 0 Å². The van der Waals surface area contributed by atoms with Crippen molar-refractivity contribution in [3.05, 3.63) is 68.0 Å². The van der Waals surface area contributed by atoms with Crippen molar-refractivity contribution in [2.75, 3.05) is 12.8 Å². The van der Waals surface area contributed by atoms with Crippen molar-refractivity contribution in [1.82, 2.24) is 9.88 Å². The van der Waals surface area contributed by atoms with E-state index in [0.717, 1.165) is 41.0 Å². The van der Waals surface area contributed by atoms with E-state index in [1.54, 1.807) is 7.11 Å². The zero-order valence-electron chi connectivity index (χ0n) is 16.8. The molecular formula is C22H25N3O2S2. The fourth-order valence-corrected chi connectivity index (χ4v) is 4.52. The Kier molecular flexibility index (Phi) is 6.71. The summed E-state index contributed by atoms with van der Waals surface area (Å²) in [7, 11) is 1.62. The van der Waals surface area contributed by atoms with Crippen LogP contribution in [0.3, 0.4) is 0 Å². The summed E-state index contributed by atoms with van der Waals surface area (Å²) < 4.78 is 7.58. The molecule has 2 aromatic carbocycles. The summed E-state index contributed by atoms with van der Waals surface area (Å²) in [6.07, 6.45) is 1.72. The van der Waals surface area contributed by atoms with E-state index in [4.69, 9.17) is 22.7 Å². The van der Waals surface area contributed by atoms with Crippen LogP contribution in [-0.4, -0.2) is 17.6 Å². The van der Waals surface area contributed by atoms with Gasteiger partial charge in [0.1, 0.15) is 16.4 Å². The second kappa shape index (κ2) is 9.24. The van der Waals surface area contributed by atoms with Crippen molar-refractivity contribution in [2.24, 2.45) is 0 Å². The van der Waals surface area contributed by atoms with E-state index < -0.39 is 0 Å². The third kappa shape index (κ3) is 4.36. The number of carbonyl (C=O) groups excluding carboxylic acids is 1. The molecule has 0 aliphatic rings. The Morgan fingerprint density at radius 1 is 1.14 bits per heavy atom. The summed E-state index contributed by atoms with van der Waals surface area (Å²) in [4.78, 5) is 13.2. The number of aromatic nitrogens is 1. The Labute approximate surface area is 180 Å². The Morgan fingerprint density at radius 3 is 2.31 bits per heavy atom. The number of hydrogen-bond acceptors (Lipinski definition) is 5. The lowest BCUT2D eigenvalue weighted by atomic mass is 10.0. The normalized spacial score (nSPS) is 10.7. The second-order valence-corrected chi connectivity index (χ2v) is 8.22. The first-order valence-electron chi connectivity index (χ1n) is 9.53. The standard InChI is InChI=1S/C22H25N3O2S2/c1-4-15-7-6-8-16(5-2)18(15)25-20(23)19(29-22(25)28)21(26)24-13-14-9-11-17(27-3)12-10-14/h6-12H,4-5,13,23H2,1-3H3,(H,24,26). The summed E-state index contributed by atoms with van der Waals surface area (Å²) in [6, 6.07) is 13.8. The number of nitrogen functional groups attached to an aromatic ring is 1. The van der Waals surface area contributed by atoms with Crippen LogP contribution in [0.4, 0.5) is 5.82 Å². The van der Waals surface area contributed by atoms with Crippen LogP contribution in [0.1, 0.15) is 40.2 Å². The monoisotopic (exact) mass is 427 g/mol. The minimum Gasteiger partial charge on any atom is -0.497 e. The number of hydrogen-bond donors (Lipinski definition) is 2. The molecule has 0 aliphatic carbocycles. The quantitative estimate of drug-likeness (QED) is 0.526. The first-order valence-corrected chi connectivity index (χ1v) is 10.8. The Balaban J connectivity index is 1.89. The van der Waals surface area contributed by atoms with E-state index in [1.165, 1.54) is 11.3 Å². The molecule has 0 radical (unpaired) electrons. The molecule has 0 saturated heterocycles. The smallest absolute Gasteiger partial charge is 0.265 e. The number of aryl methyl sites for hydroxylation is 2. The van der Waals surface area contributed by atoms with Crippen molar-refractivity contribution in [1.29, 1.82) is 0 Å². The first-order chi connectivity index (χ1) is 14.0. The number of para-hydroxylation sites is 1. The van der Waals surface area contributed by atoms with Crippen molar-refractivity contribution in [2.45, 2.75) is 33.2 Å². The van der Waals surface area contributed by atoms with Crippen LogP contribution < -0.4 is 15.8 Å². The van der Waals surface area contributed by atoms with Crippen LogP contribution in [0, 0.1) is 3.95 Å². The summed E-state index contributed by atoms with van der Waals surface area (Å²) in [5.74, 6) is 0.948. The van der Waals surface area contributed by atoms with Gasteiger partial charge in [0.25, 0.3) is 5.91 Å². The van der Waals surface area contributed by atoms with Crippen LogP contribution in [0.25, 0.3) is 5.69 Å². The molecule has 5 nitrogen and oxygen atoms in total. The molecule has 29 heavy (non-hydrogen) atoms. The predicted octanol–water partition coefficient (Wildman–Crippen LogP) is 4.91. The second-order valence-electron chi connectivity index (χ2n) is 6.58. The molecule has 0 aliphatic heterocycles. The number of nitrogens with one attached hydrogen (secondary N) is 1. The highest BCUT2D eigenvalue weighted by Crippen LogP contribution is 2.31. The number of ether oxygens (including phenoxy) is 1. The molecule has 0 spiro atoms. The molecule has 0 fully saturated rings. The van der Waals surface area contributed by atoms with E-state index in [-0.39, 0.29) is 5.91 Å². The van der Waals surface area contributed by atoms with Gasteiger partial charge in [0, 0.05) is 6.54 Å². The molecule has 0 atom stereocenters. The molecule has 3 aromatic rings. The van der Waals surface area contributed by atoms with Crippen LogP contribution in [0.2, 0.25) is 0 Å². The molecule has 1 heterocycles. The number of amides is 1. The lowest BCUT2D eigenvalue weighted by Gasteiger charge is -2.15. The van der Waals surface area contributed by atoms with E-state index in [2.05, 4.69) is 37.4 Å². The molecule has 0 saturated carbocycles. The summed E-state index contributed by atoms with van der Waals surface area (Å²) in [6.45, 7) is 4.61. The van der Waals surface area contributed by atoms with Gasteiger partial charge in [-0.05, 0) is 53.9 Å². The minimum absolute atomic E-state index is 0.222. The Morgan fingerprint density at radius 2 is 1.76 bits per heavy atom. The number of nitrogens with zero attached hydrogens (tertiary/aromatic N) is 1. The van der Waals surface area contributed by atoms with E-state index in [9.17, 15) is 4.79 Å². The fraction of sp³-hybridized carbons (Fsp3) is 0.273. The molecule has 1 aromatic heterocycles. The maximum Gasteiger partial charge on any atom is 0.265 e. The van der Waals surface area contributed by atoms with Gasteiger partial charge in [-0.15, -0.1) is 0 Å². The zero-order chi connectivity index (χ0) is 21.0.